The van der Waals surface area contributed by atoms with Crippen molar-refractivity contribution in [2.24, 2.45) is 5.92 Å². The summed E-state index contributed by atoms with van der Waals surface area (Å²) in [4.78, 5) is 37.8. The number of carbonyl (C=O) groups is 2. The summed E-state index contributed by atoms with van der Waals surface area (Å²) < 4.78 is 14.5. The molecule has 0 saturated carbocycles. The number of urea groups is 1. The Labute approximate surface area is 166 Å². The van der Waals surface area contributed by atoms with Gasteiger partial charge in [-0.15, -0.1) is 0 Å². The van der Waals surface area contributed by atoms with Gasteiger partial charge in [-0.1, -0.05) is 19.9 Å². The van der Waals surface area contributed by atoms with Gasteiger partial charge in [0.05, 0.1) is 17.1 Å². The lowest BCUT2D eigenvalue weighted by Crippen LogP contribution is -2.35. The second-order valence-electron chi connectivity index (χ2n) is 7.69. The van der Waals surface area contributed by atoms with E-state index in [2.05, 4.69) is 20.8 Å². The summed E-state index contributed by atoms with van der Waals surface area (Å²) in [6, 6.07) is 2.99. The van der Waals surface area contributed by atoms with E-state index in [1.54, 1.807) is 6.07 Å². The zero-order chi connectivity index (χ0) is 20.7. The molecule has 2 aromatic rings. The van der Waals surface area contributed by atoms with Crippen LogP contribution in [0.4, 0.5) is 20.6 Å². The molecule has 1 fully saturated rings. The SMILES string of the molecule is CC(C)C1NC(=O)N(c2cc(Cc3n[nH]c(=O)c4c3NCCC4)ccc2F)C1=O. The average molecular weight is 399 g/mol. The van der Waals surface area contributed by atoms with E-state index in [0.717, 1.165) is 17.9 Å². The summed E-state index contributed by atoms with van der Waals surface area (Å²) in [6.07, 6.45) is 1.85. The molecule has 0 aliphatic carbocycles. The molecule has 0 bridgehead atoms. The number of fused-ring (bicyclic) bond motifs is 1. The Balaban J connectivity index is 1.68. The predicted octanol–water partition coefficient (Wildman–Crippen LogP) is 1.94. The first-order valence-corrected chi connectivity index (χ1v) is 9.64. The molecule has 0 spiro atoms. The molecular weight excluding hydrogens is 377 g/mol. The van der Waals surface area contributed by atoms with Crippen molar-refractivity contribution < 1.29 is 14.0 Å². The highest BCUT2D eigenvalue weighted by Crippen LogP contribution is 2.29. The van der Waals surface area contributed by atoms with Gasteiger partial charge in [0.1, 0.15) is 11.9 Å². The zero-order valence-corrected chi connectivity index (χ0v) is 16.2. The van der Waals surface area contributed by atoms with Crippen LogP contribution in [0, 0.1) is 11.7 Å². The molecule has 1 atom stereocenters. The van der Waals surface area contributed by atoms with Crippen LogP contribution in [-0.4, -0.2) is 34.7 Å². The summed E-state index contributed by atoms with van der Waals surface area (Å²) in [5.74, 6) is -1.23. The first kappa shape index (κ1) is 19.1. The molecule has 1 aromatic carbocycles. The van der Waals surface area contributed by atoms with Crippen molar-refractivity contribution in [2.45, 2.75) is 39.2 Å². The summed E-state index contributed by atoms with van der Waals surface area (Å²) in [6.45, 7) is 4.38. The van der Waals surface area contributed by atoms with E-state index < -0.39 is 23.8 Å². The number of hydrogen-bond acceptors (Lipinski definition) is 5. The van der Waals surface area contributed by atoms with Crippen LogP contribution in [0.25, 0.3) is 0 Å². The Bertz CT molecular complexity index is 1050. The number of nitrogens with one attached hydrogen (secondary N) is 3. The van der Waals surface area contributed by atoms with Gasteiger partial charge in [-0.25, -0.2) is 19.2 Å². The molecule has 1 saturated heterocycles. The van der Waals surface area contributed by atoms with Crippen LogP contribution in [0.5, 0.6) is 0 Å². The summed E-state index contributed by atoms with van der Waals surface area (Å²) in [5, 5.41) is 12.5. The minimum atomic E-state index is -0.678. The summed E-state index contributed by atoms with van der Waals surface area (Å²) in [5.41, 5.74) is 2.38. The predicted molar refractivity (Wildman–Crippen MR) is 106 cm³/mol. The second-order valence-corrected chi connectivity index (χ2v) is 7.69. The van der Waals surface area contributed by atoms with Gasteiger partial charge in [0.25, 0.3) is 11.5 Å². The Hall–Kier alpha value is -3.23. The number of rotatable bonds is 4. The van der Waals surface area contributed by atoms with Gasteiger partial charge in [0.2, 0.25) is 0 Å². The number of imide groups is 1. The maximum atomic E-state index is 14.5. The molecule has 9 heteroatoms. The Morgan fingerprint density at radius 2 is 2.07 bits per heavy atom. The first-order chi connectivity index (χ1) is 13.9. The van der Waals surface area contributed by atoms with E-state index in [0.29, 0.717) is 35.3 Å². The molecule has 1 unspecified atom stereocenters. The van der Waals surface area contributed by atoms with Gasteiger partial charge in [0.15, 0.2) is 0 Å². The number of carbonyl (C=O) groups excluding carboxylic acids is 2. The lowest BCUT2D eigenvalue weighted by Gasteiger charge is -2.20. The maximum Gasteiger partial charge on any atom is 0.329 e. The van der Waals surface area contributed by atoms with Crippen molar-refractivity contribution in [2.75, 3.05) is 16.8 Å². The molecule has 1 aromatic heterocycles. The number of nitrogens with zero attached hydrogens (tertiary/aromatic N) is 2. The molecule has 152 valence electrons. The average Bonchev–Trinajstić information content (AvgIpc) is 3.00. The van der Waals surface area contributed by atoms with Crippen LogP contribution in [-0.2, 0) is 17.6 Å². The Morgan fingerprint density at radius 1 is 1.28 bits per heavy atom. The smallest absolute Gasteiger partial charge is 0.329 e. The molecule has 4 rings (SSSR count). The molecule has 29 heavy (non-hydrogen) atoms. The molecule has 8 nitrogen and oxygen atoms in total. The van der Waals surface area contributed by atoms with Gasteiger partial charge >= 0.3 is 6.03 Å². The zero-order valence-electron chi connectivity index (χ0n) is 16.2. The van der Waals surface area contributed by atoms with Crippen LogP contribution in [0.1, 0.15) is 37.1 Å². The van der Waals surface area contributed by atoms with Crippen molar-refractivity contribution in [3.63, 3.8) is 0 Å². The van der Waals surface area contributed by atoms with E-state index >= 15 is 0 Å². The van der Waals surface area contributed by atoms with Crippen molar-refractivity contribution >= 4 is 23.3 Å². The quantitative estimate of drug-likeness (QED) is 0.681. The molecular formula is C20H22FN5O3. The Kier molecular flexibility index (Phi) is 4.81. The van der Waals surface area contributed by atoms with Crippen molar-refractivity contribution in [3.8, 4) is 0 Å². The Morgan fingerprint density at radius 3 is 2.79 bits per heavy atom. The minimum Gasteiger partial charge on any atom is -0.383 e. The lowest BCUT2D eigenvalue weighted by molar-refractivity contribution is -0.119. The maximum absolute atomic E-state index is 14.5. The van der Waals surface area contributed by atoms with Crippen molar-refractivity contribution in [1.82, 2.24) is 15.5 Å². The van der Waals surface area contributed by atoms with E-state index in [-0.39, 0.29) is 17.2 Å². The molecule has 2 aliphatic heterocycles. The van der Waals surface area contributed by atoms with E-state index in [1.165, 1.54) is 12.1 Å². The van der Waals surface area contributed by atoms with Gasteiger partial charge in [-0.05, 0) is 36.5 Å². The highest BCUT2D eigenvalue weighted by atomic mass is 19.1. The fraction of sp³-hybridized carbons (Fsp3) is 0.400. The topological polar surface area (TPSA) is 107 Å². The fourth-order valence-electron chi connectivity index (χ4n) is 3.79. The van der Waals surface area contributed by atoms with Gasteiger partial charge in [-0.3, -0.25) is 9.59 Å². The number of benzene rings is 1. The van der Waals surface area contributed by atoms with Crippen LogP contribution >= 0.6 is 0 Å². The number of aromatic nitrogens is 2. The van der Waals surface area contributed by atoms with Gasteiger partial charge < -0.3 is 10.6 Å². The van der Waals surface area contributed by atoms with Crippen molar-refractivity contribution in [3.05, 3.63) is 51.2 Å². The van der Waals surface area contributed by atoms with Gasteiger partial charge in [0, 0.05) is 18.5 Å². The molecule has 3 heterocycles. The number of halogens is 1. The monoisotopic (exact) mass is 399 g/mol. The number of amides is 3. The third-order valence-electron chi connectivity index (χ3n) is 5.32. The van der Waals surface area contributed by atoms with Crippen LogP contribution < -0.4 is 21.1 Å². The largest absolute Gasteiger partial charge is 0.383 e. The summed E-state index contributed by atoms with van der Waals surface area (Å²) in [7, 11) is 0. The molecule has 2 aliphatic rings. The van der Waals surface area contributed by atoms with Crippen LogP contribution in [0.3, 0.4) is 0 Å². The van der Waals surface area contributed by atoms with Crippen LogP contribution in [0.2, 0.25) is 0 Å². The molecule has 3 amide bonds. The summed E-state index contributed by atoms with van der Waals surface area (Å²) >= 11 is 0. The molecule has 0 radical (unpaired) electrons. The van der Waals surface area contributed by atoms with E-state index in [9.17, 15) is 18.8 Å². The normalized spacial score (nSPS) is 18.6. The lowest BCUT2D eigenvalue weighted by atomic mass is 10.0. The van der Waals surface area contributed by atoms with E-state index in [1.807, 2.05) is 13.8 Å². The fourth-order valence-corrected chi connectivity index (χ4v) is 3.79. The third-order valence-corrected chi connectivity index (χ3v) is 5.32. The van der Waals surface area contributed by atoms with Crippen LogP contribution in [0.15, 0.2) is 23.0 Å². The second kappa shape index (κ2) is 7.31. The number of H-pyrrole nitrogens is 1. The standard InChI is InChI=1S/C20H22FN5O3/c1-10(2)16-19(28)26(20(29)23-16)15-9-11(5-6-13(15)21)8-14-17-12(4-3-7-22-17)18(27)25-24-14/h5-6,9-10,16,22H,3-4,7-8H2,1-2H3,(H,23,29)(H,25,27). The van der Waals surface area contributed by atoms with Gasteiger partial charge in [-0.2, -0.15) is 5.10 Å². The highest BCUT2D eigenvalue weighted by Gasteiger charge is 2.41. The number of hydrogen-bond donors (Lipinski definition) is 3. The minimum absolute atomic E-state index is 0.0839. The third kappa shape index (κ3) is 3.37. The first-order valence-electron chi connectivity index (χ1n) is 9.64. The highest BCUT2D eigenvalue weighted by molar-refractivity contribution is 6.21. The molecule has 3 N–H and O–H groups in total. The number of anilines is 2. The number of aromatic amines is 1. The van der Waals surface area contributed by atoms with E-state index in [4.69, 9.17) is 0 Å². The van der Waals surface area contributed by atoms with Crippen molar-refractivity contribution in [1.29, 1.82) is 0 Å².